The monoisotopic (exact) mass is 393 g/mol. The number of thiophene rings is 1. The third kappa shape index (κ3) is 3.27. The molecule has 2 aromatic rings. The molecule has 0 atom stereocenters. The summed E-state index contributed by atoms with van der Waals surface area (Å²) in [5, 5.41) is 0. The first kappa shape index (κ1) is 18.3. The van der Waals surface area contributed by atoms with E-state index in [-0.39, 0.29) is 16.2 Å². The lowest BCUT2D eigenvalue weighted by molar-refractivity contribution is -0.142. The van der Waals surface area contributed by atoms with Gasteiger partial charge in [-0.15, -0.1) is 11.3 Å². The van der Waals surface area contributed by atoms with Crippen LogP contribution in [-0.4, -0.2) is 43.5 Å². The van der Waals surface area contributed by atoms with Gasteiger partial charge in [-0.1, -0.05) is 19.1 Å². The first-order valence-corrected chi connectivity index (χ1v) is 10.0. The van der Waals surface area contributed by atoms with Gasteiger partial charge in [0.15, 0.2) is 6.61 Å². The van der Waals surface area contributed by atoms with Crippen molar-refractivity contribution < 1.29 is 27.5 Å². The molecular weight excluding hydrogens is 378 g/mol. The highest BCUT2D eigenvalue weighted by molar-refractivity contribution is 7.90. The molecule has 26 heavy (non-hydrogen) atoms. The van der Waals surface area contributed by atoms with Crippen molar-refractivity contribution in [3.63, 3.8) is 0 Å². The fourth-order valence-electron chi connectivity index (χ4n) is 2.49. The van der Waals surface area contributed by atoms with E-state index in [0.717, 1.165) is 11.3 Å². The highest BCUT2D eigenvalue weighted by atomic mass is 32.2. The van der Waals surface area contributed by atoms with Gasteiger partial charge in [-0.2, -0.15) is 0 Å². The first-order chi connectivity index (χ1) is 12.3. The van der Waals surface area contributed by atoms with Crippen LogP contribution in [0.5, 0.6) is 0 Å². The number of rotatable bonds is 6. The maximum Gasteiger partial charge on any atom is 0.327 e. The smallest absolute Gasteiger partial charge is 0.327 e. The third-order valence-electron chi connectivity index (χ3n) is 3.83. The molecule has 1 amide bonds. The molecule has 1 aliphatic heterocycles. The van der Waals surface area contributed by atoms with Gasteiger partial charge in [-0.25, -0.2) is 12.7 Å². The number of hydrogen-bond donors (Lipinski definition) is 0. The summed E-state index contributed by atoms with van der Waals surface area (Å²) < 4.78 is 30.0. The van der Waals surface area contributed by atoms with Gasteiger partial charge in [0, 0.05) is 4.88 Å². The van der Waals surface area contributed by atoms with Crippen molar-refractivity contribution in [2.75, 3.05) is 13.2 Å². The molecule has 2 heterocycles. The Bertz CT molecular complexity index is 992. The largest absolute Gasteiger partial charge is 0.456 e. The van der Waals surface area contributed by atoms with E-state index < -0.39 is 35.1 Å². The van der Waals surface area contributed by atoms with Crippen LogP contribution in [0.3, 0.4) is 0 Å². The van der Waals surface area contributed by atoms with Gasteiger partial charge < -0.3 is 4.74 Å². The summed E-state index contributed by atoms with van der Waals surface area (Å²) in [6, 6.07) is 9.21. The molecule has 0 bridgehead atoms. The van der Waals surface area contributed by atoms with Gasteiger partial charge in [0.2, 0.25) is 5.78 Å². The zero-order valence-corrected chi connectivity index (χ0v) is 15.4. The van der Waals surface area contributed by atoms with Crippen LogP contribution in [0.15, 0.2) is 41.3 Å². The number of fused-ring (bicyclic) bond motifs is 1. The lowest BCUT2D eigenvalue weighted by Gasteiger charge is -2.13. The molecule has 0 spiro atoms. The van der Waals surface area contributed by atoms with Crippen LogP contribution >= 0.6 is 11.3 Å². The van der Waals surface area contributed by atoms with E-state index >= 15 is 0 Å². The Kier molecular flexibility index (Phi) is 4.92. The molecule has 0 aliphatic carbocycles. The lowest BCUT2D eigenvalue weighted by atomic mass is 10.2. The summed E-state index contributed by atoms with van der Waals surface area (Å²) in [6.45, 7) is 0.691. The third-order valence-corrected chi connectivity index (χ3v) is 6.89. The molecule has 136 valence electrons. The van der Waals surface area contributed by atoms with Gasteiger partial charge >= 0.3 is 5.97 Å². The zero-order valence-electron chi connectivity index (χ0n) is 13.8. The fraction of sp³-hybridized carbons (Fsp3) is 0.235. The Morgan fingerprint density at radius 1 is 1.15 bits per heavy atom. The lowest BCUT2D eigenvalue weighted by Crippen LogP contribution is -2.36. The molecule has 1 aliphatic rings. The van der Waals surface area contributed by atoms with Gasteiger partial charge in [0.05, 0.1) is 10.4 Å². The molecule has 7 nitrogen and oxygen atoms in total. The summed E-state index contributed by atoms with van der Waals surface area (Å²) >= 11 is 1.32. The Hall–Kier alpha value is -2.52. The van der Waals surface area contributed by atoms with E-state index in [1.807, 2.05) is 13.0 Å². The normalized spacial score (nSPS) is 15.0. The first-order valence-electron chi connectivity index (χ1n) is 7.78. The number of amides is 1. The van der Waals surface area contributed by atoms with Crippen molar-refractivity contribution in [1.82, 2.24) is 4.31 Å². The maximum atomic E-state index is 12.4. The second kappa shape index (κ2) is 7.00. The Morgan fingerprint density at radius 3 is 2.54 bits per heavy atom. The van der Waals surface area contributed by atoms with Crippen LogP contribution in [-0.2, 0) is 26.0 Å². The minimum absolute atomic E-state index is 0.0158. The number of benzene rings is 1. The molecule has 3 rings (SSSR count). The number of esters is 1. The summed E-state index contributed by atoms with van der Waals surface area (Å²) in [7, 11) is -4.08. The Balaban J connectivity index is 1.64. The Morgan fingerprint density at radius 2 is 1.88 bits per heavy atom. The minimum atomic E-state index is -4.08. The molecule has 0 fully saturated rings. The van der Waals surface area contributed by atoms with Crippen molar-refractivity contribution in [2.24, 2.45) is 0 Å². The second-order valence-corrected chi connectivity index (χ2v) is 8.52. The van der Waals surface area contributed by atoms with Crippen LogP contribution in [0.4, 0.5) is 0 Å². The van der Waals surface area contributed by atoms with Crippen LogP contribution in [0.1, 0.15) is 31.8 Å². The van der Waals surface area contributed by atoms with Crippen molar-refractivity contribution in [3.8, 4) is 0 Å². The number of hydrogen-bond acceptors (Lipinski definition) is 7. The predicted octanol–water partition coefficient (Wildman–Crippen LogP) is 1.88. The van der Waals surface area contributed by atoms with Crippen molar-refractivity contribution in [2.45, 2.75) is 18.2 Å². The van der Waals surface area contributed by atoms with Crippen LogP contribution in [0, 0.1) is 0 Å². The number of Topliss-reactive ketones (excluding diaryl/α,β-unsaturated/α-hetero) is 1. The van der Waals surface area contributed by atoms with E-state index in [1.54, 1.807) is 12.1 Å². The molecule has 1 aromatic carbocycles. The average Bonchev–Trinajstić information content (AvgIpc) is 3.18. The zero-order chi connectivity index (χ0) is 18.9. The minimum Gasteiger partial charge on any atom is -0.456 e. The molecule has 0 saturated heterocycles. The van der Waals surface area contributed by atoms with Crippen LogP contribution in [0.25, 0.3) is 0 Å². The fourth-order valence-corrected chi connectivity index (χ4v) is 4.87. The van der Waals surface area contributed by atoms with Gasteiger partial charge in [0.1, 0.15) is 11.4 Å². The number of nitrogens with zero attached hydrogens (tertiary/aromatic N) is 1. The van der Waals surface area contributed by atoms with Crippen molar-refractivity contribution >= 4 is 39.0 Å². The number of carbonyl (C=O) groups excluding carboxylic acids is 3. The SMILES string of the molecule is CCc1ccc(C(=O)COC(=O)CN2C(=O)c3ccccc3S2(=O)=O)s1. The standard InChI is InChI=1S/C17H15NO6S2/c1-2-11-7-8-14(25-11)13(19)10-24-16(20)9-18-17(21)12-5-3-4-6-15(12)26(18,22)23/h3-8H,2,9-10H2,1H3. The summed E-state index contributed by atoms with van der Waals surface area (Å²) in [6.07, 6.45) is 0.799. The molecular formula is C17H15NO6S2. The highest BCUT2D eigenvalue weighted by Crippen LogP contribution is 2.29. The van der Waals surface area contributed by atoms with Crippen molar-refractivity contribution in [1.29, 1.82) is 0 Å². The van der Waals surface area contributed by atoms with Gasteiger partial charge in [0.25, 0.3) is 15.9 Å². The van der Waals surface area contributed by atoms with Gasteiger partial charge in [-0.3, -0.25) is 14.4 Å². The van der Waals surface area contributed by atoms with Crippen LogP contribution < -0.4 is 0 Å². The van der Waals surface area contributed by atoms with Crippen molar-refractivity contribution in [3.05, 3.63) is 51.7 Å². The predicted molar refractivity (Wildman–Crippen MR) is 93.7 cm³/mol. The van der Waals surface area contributed by atoms with E-state index in [1.165, 1.54) is 29.5 Å². The highest BCUT2D eigenvalue weighted by Gasteiger charge is 2.42. The van der Waals surface area contributed by atoms with E-state index in [0.29, 0.717) is 9.18 Å². The number of aryl methyl sites for hydroxylation is 1. The topological polar surface area (TPSA) is 97.8 Å². The summed E-state index contributed by atoms with van der Waals surface area (Å²) in [4.78, 5) is 37.5. The van der Waals surface area contributed by atoms with E-state index in [9.17, 15) is 22.8 Å². The van der Waals surface area contributed by atoms with Gasteiger partial charge in [-0.05, 0) is 30.7 Å². The molecule has 0 radical (unpaired) electrons. The second-order valence-electron chi connectivity index (χ2n) is 5.52. The number of ether oxygens (including phenoxy) is 1. The number of sulfonamides is 1. The molecule has 9 heteroatoms. The summed E-state index contributed by atoms with van der Waals surface area (Å²) in [5.41, 5.74) is 0.0158. The van der Waals surface area contributed by atoms with E-state index in [4.69, 9.17) is 4.74 Å². The van der Waals surface area contributed by atoms with Crippen LogP contribution in [0.2, 0.25) is 0 Å². The number of carbonyl (C=O) groups is 3. The molecule has 0 unspecified atom stereocenters. The quantitative estimate of drug-likeness (QED) is 0.549. The average molecular weight is 393 g/mol. The molecule has 1 aromatic heterocycles. The maximum absolute atomic E-state index is 12.4. The summed E-state index contributed by atoms with van der Waals surface area (Å²) in [5.74, 6) is -2.12. The number of ketones is 1. The molecule has 0 N–H and O–H groups in total. The Labute approximate surface area is 154 Å². The van der Waals surface area contributed by atoms with E-state index in [2.05, 4.69) is 0 Å². The molecule has 0 saturated carbocycles.